The van der Waals surface area contributed by atoms with Gasteiger partial charge in [0.1, 0.15) is 11.5 Å². The van der Waals surface area contributed by atoms with Crippen molar-refractivity contribution >= 4 is 5.71 Å². The minimum absolute atomic E-state index is 0.284. The molecule has 21 heavy (non-hydrogen) atoms. The molecule has 0 saturated heterocycles. The molecule has 0 N–H and O–H groups in total. The van der Waals surface area contributed by atoms with E-state index in [0.29, 0.717) is 6.73 Å². The molecule has 2 aliphatic heterocycles. The Hall–Kier alpha value is -2.49. The predicted molar refractivity (Wildman–Crippen MR) is 80.7 cm³/mol. The molecule has 4 nitrogen and oxygen atoms in total. The largest absolute Gasteiger partial charge is 0.497 e. The molecule has 2 heterocycles. The molecule has 0 bridgehead atoms. The standard InChI is InChI=1S/C17H16N2O2/c1-20-13-8-6-12(7-9-13)15-10-16-14-4-2-3-5-17(14)21-11-19(16)18-15/h2-9,16H,10-11H2,1H3/t16-/m0/s1. The van der Waals surface area contributed by atoms with Crippen molar-refractivity contribution in [2.75, 3.05) is 13.8 Å². The zero-order valence-corrected chi connectivity index (χ0v) is 11.8. The number of nitrogens with zero attached hydrogens (tertiary/aromatic N) is 2. The van der Waals surface area contributed by atoms with E-state index in [1.54, 1.807) is 7.11 Å². The van der Waals surface area contributed by atoms with Gasteiger partial charge in [0.05, 0.1) is 18.9 Å². The van der Waals surface area contributed by atoms with E-state index >= 15 is 0 Å². The van der Waals surface area contributed by atoms with E-state index in [2.05, 4.69) is 24.3 Å². The molecule has 0 fully saturated rings. The Labute approximate surface area is 123 Å². The van der Waals surface area contributed by atoms with Crippen molar-refractivity contribution in [1.29, 1.82) is 0 Å². The number of ether oxygens (including phenoxy) is 2. The highest BCUT2D eigenvalue weighted by molar-refractivity contribution is 6.02. The van der Waals surface area contributed by atoms with Crippen molar-refractivity contribution in [3.8, 4) is 11.5 Å². The average Bonchev–Trinajstić information content (AvgIpc) is 2.99. The molecular weight excluding hydrogens is 264 g/mol. The van der Waals surface area contributed by atoms with E-state index in [4.69, 9.17) is 14.6 Å². The summed E-state index contributed by atoms with van der Waals surface area (Å²) in [7, 11) is 1.68. The topological polar surface area (TPSA) is 34.1 Å². The lowest BCUT2D eigenvalue weighted by Gasteiger charge is -2.30. The van der Waals surface area contributed by atoms with E-state index in [9.17, 15) is 0 Å². The normalized spacial score (nSPS) is 19.4. The minimum Gasteiger partial charge on any atom is -0.497 e. The SMILES string of the molecule is COc1ccc(C2=NN3COc4ccccc4[C@@H]3C2)cc1. The maximum atomic E-state index is 5.76. The number of hydrogen-bond acceptors (Lipinski definition) is 4. The summed E-state index contributed by atoms with van der Waals surface area (Å²) in [4.78, 5) is 0. The number of hydrogen-bond donors (Lipinski definition) is 0. The quantitative estimate of drug-likeness (QED) is 0.847. The summed E-state index contributed by atoms with van der Waals surface area (Å²) in [5.74, 6) is 1.84. The van der Waals surface area contributed by atoms with Gasteiger partial charge in [-0.15, -0.1) is 0 Å². The first-order valence-electron chi connectivity index (χ1n) is 7.05. The van der Waals surface area contributed by atoms with Gasteiger partial charge in [0.2, 0.25) is 0 Å². The number of hydrazone groups is 1. The molecule has 0 saturated carbocycles. The molecule has 2 aromatic rings. The highest BCUT2D eigenvalue weighted by atomic mass is 16.5. The minimum atomic E-state index is 0.284. The summed E-state index contributed by atoms with van der Waals surface area (Å²) < 4.78 is 11.0. The summed E-state index contributed by atoms with van der Waals surface area (Å²) in [5.41, 5.74) is 3.46. The summed E-state index contributed by atoms with van der Waals surface area (Å²) >= 11 is 0. The van der Waals surface area contributed by atoms with Gasteiger partial charge < -0.3 is 9.47 Å². The highest BCUT2D eigenvalue weighted by Crippen LogP contribution is 2.40. The number of para-hydroxylation sites is 1. The Balaban J connectivity index is 1.63. The van der Waals surface area contributed by atoms with Gasteiger partial charge >= 0.3 is 0 Å². The molecule has 1 atom stereocenters. The maximum absolute atomic E-state index is 5.76. The van der Waals surface area contributed by atoms with Crippen LogP contribution < -0.4 is 9.47 Å². The third-order valence-electron chi connectivity index (χ3n) is 4.05. The summed E-state index contributed by atoms with van der Waals surface area (Å²) in [6.45, 7) is 0.515. The highest BCUT2D eigenvalue weighted by Gasteiger charge is 2.33. The fraction of sp³-hybridized carbons (Fsp3) is 0.235. The van der Waals surface area contributed by atoms with Gasteiger partial charge in [-0.2, -0.15) is 5.10 Å². The van der Waals surface area contributed by atoms with Crippen molar-refractivity contribution in [3.63, 3.8) is 0 Å². The van der Waals surface area contributed by atoms with Crippen molar-refractivity contribution in [2.45, 2.75) is 12.5 Å². The van der Waals surface area contributed by atoms with Crippen molar-refractivity contribution in [1.82, 2.24) is 5.01 Å². The Bertz CT molecular complexity index is 694. The molecule has 2 aliphatic rings. The maximum Gasteiger partial charge on any atom is 0.177 e. The molecular formula is C17H16N2O2. The fourth-order valence-electron chi connectivity index (χ4n) is 2.93. The predicted octanol–water partition coefficient (Wildman–Crippen LogP) is 3.20. The molecule has 0 aliphatic carbocycles. The Morgan fingerprint density at radius 3 is 2.76 bits per heavy atom. The molecule has 4 heteroatoms. The summed E-state index contributed by atoms with van der Waals surface area (Å²) in [5, 5.41) is 6.75. The van der Waals surface area contributed by atoms with Crippen LogP contribution in [0.25, 0.3) is 0 Å². The van der Waals surface area contributed by atoms with Crippen LogP contribution in [0, 0.1) is 0 Å². The number of methoxy groups -OCH3 is 1. The first kappa shape index (κ1) is 12.3. The molecule has 106 valence electrons. The summed E-state index contributed by atoms with van der Waals surface area (Å²) in [6, 6.07) is 16.6. The smallest absolute Gasteiger partial charge is 0.177 e. The van der Waals surface area contributed by atoms with E-state index in [0.717, 1.165) is 29.2 Å². The third kappa shape index (κ3) is 2.03. The van der Waals surface area contributed by atoms with Crippen LogP contribution in [0.1, 0.15) is 23.6 Å². The first-order valence-corrected chi connectivity index (χ1v) is 7.05. The second kappa shape index (κ2) is 4.81. The van der Waals surface area contributed by atoms with Gasteiger partial charge in [0.25, 0.3) is 0 Å². The lowest BCUT2D eigenvalue weighted by Crippen LogP contribution is -2.29. The van der Waals surface area contributed by atoms with Gasteiger partial charge in [-0.3, -0.25) is 5.01 Å². The van der Waals surface area contributed by atoms with Crippen LogP contribution in [0.4, 0.5) is 0 Å². The van der Waals surface area contributed by atoms with Gasteiger partial charge in [-0.25, -0.2) is 0 Å². The van der Waals surface area contributed by atoms with Gasteiger partial charge in [0.15, 0.2) is 6.73 Å². The molecule has 0 aromatic heterocycles. The van der Waals surface area contributed by atoms with Crippen molar-refractivity contribution in [2.24, 2.45) is 5.10 Å². The lowest BCUT2D eigenvalue weighted by atomic mass is 9.97. The molecule has 2 aromatic carbocycles. The van der Waals surface area contributed by atoms with Gasteiger partial charge in [0, 0.05) is 12.0 Å². The molecule has 4 rings (SSSR count). The summed E-state index contributed by atoms with van der Waals surface area (Å²) in [6.07, 6.45) is 0.909. The molecule has 0 radical (unpaired) electrons. The lowest BCUT2D eigenvalue weighted by molar-refractivity contribution is 0.0750. The second-order valence-corrected chi connectivity index (χ2v) is 5.25. The zero-order valence-electron chi connectivity index (χ0n) is 11.8. The molecule has 0 unspecified atom stereocenters. The number of benzene rings is 2. The first-order chi connectivity index (χ1) is 10.3. The molecule has 0 spiro atoms. The number of fused-ring (bicyclic) bond motifs is 3. The van der Waals surface area contributed by atoms with Crippen LogP contribution in [0.2, 0.25) is 0 Å². The molecule has 0 amide bonds. The van der Waals surface area contributed by atoms with Crippen molar-refractivity contribution < 1.29 is 9.47 Å². The van der Waals surface area contributed by atoms with Crippen molar-refractivity contribution in [3.05, 3.63) is 59.7 Å². The Morgan fingerprint density at radius 1 is 1.14 bits per heavy atom. The van der Waals surface area contributed by atoms with E-state index in [1.165, 1.54) is 5.56 Å². The van der Waals surface area contributed by atoms with Crippen LogP contribution in [0.5, 0.6) is 11.5 Å². The average molecular weight is 280 g/mol. The van der Waals surface area contributed by atoms with Gasteiger partial charge in [-0.1, -0.05) is 18.2 Å². The Morgan fingerprint density at radius 2 is 1.95 bits per heavy atom. The van der Waals surface area contributed by atoms with E-state index in [1.807, 2.05) is 29.3 Å². The third-order valence-corrected chi connectivity index (χ3v) is 4.05. The van der Waals surface area contributed by atoms with E-state index < -0.39 is 0 Å². The van der Waals surface area contributed by atoms with Crippen LogP contribution in [-0.4, -0.2) is 24.6 Å². The second-order valence-electron chi connectivity index (χ2n) is 5.25. The number of rotatable bonds is 2. The van der Waals surface area contributed by atoms with Crippen LogP contribution >= 0.6 is 0 Å². The monoisotopic (exact) mass is 280 g/mol. The van der Waals surface area contributed by atoms with Crippen LogP contribution in [0.15, 0.2) is 53.6 Å². The zero-order chi connectivity index (χ0) is 14.2. The van der Waals surface area contributed by atoms with Gasteiger partial charge in [-0.05, 0) is 35.9 Å². The Kier molecular flexibility index (Phi) is 2.81. The van der Waals surface area contributed by atoms with Crippen LogP contribution in [-0.2, 0) is 0 Å². The fourth-order valence-corrected chi connectivity index (χ4v) is 2.93. The van der Waals surface area contributed by atoms with E-state index in [-0.39, 0.29) is 6.04 Å². The van der Waals surface area contributed by atoms with Crippen LogP contribution in [0.3, 0.4) is 0 Å².